The fraction of sp³-hybridized carbons (Fsp3) is 0.545. The van der Waals surface area contributed by atoms with E-state index in [0.29, 0.717) is 6.54 Å². The normalized spacial score (nSPS) is 10.1. The summed E-state index contributed by atoms with van der Waals surface area (Å²) in [4.78, 5) is 27.5. The maximum absolute atomic E-state index is 11.4. The lowest BCUT2D eigenvalue weighted by Gasteiger charge is -2.16. The number of hydrogen-bond acceptors (Lipinski definition) is 6. The first kappa shape index (κ1) is 14.0. The third-order valence-corrected chi connectivity index (χ3v) is 2.22. The van der Waals surface area contributed by atoms with Crippen molar-refractivity contribution in [3.63, 3.8) is 0 Å². The number of rotatable bonds is 7. The molecule has 7 heteroatoms. The Bertz CT molecular complexity index is 415. The zero-order valence-corrected chi connectivity index (χ0v) is 10.4. The van der Waals surface area contributed by atoms with Gasteiger partial charge in [-0.15, -0.1) is 0 Å². The summed E-state index contributed by atoms with van der Waals surface area (Å²) < 4.78 is 9.92. The van der Waals surface area contributed by atoms with E-state index < -0.39 is 11.9 Å². The van der Waals surface area contributed by atoms with Gasteiger partial charge in [0.05, 0.1) is 13.0 Å². The molecule has 0 radical (unpaired) electrons. The van der Waals surface area contributed by atoms with Gasteiger partial charge in [0.2, 0.25) is 0 Å². The molecule has 18 heavy (non-hydrogen) atoms. The van der Waals surface area contributed by atoms with E-state index in [-0.39, 0.29) is 31.3 Å². The molecule has 7 nitrogen and oxygen atoms in total. The molecule has 100 valence electrons. The van der Waals surface area contributed by atoms with Gasteiger partial charge in [0.15, 0.2) is 5.69 Å². The third-order valence-electron chi connectivity index (χ3n) is 2.22. The largest absolute Gasteiger partial charge is 0.481 e. The quantitative estimate of drug-likeness (QED) is 0.731. The van der Waals surface area contributed by atoms with E-state index in [9.17, 15) is 9.59 Å². The van der Waals surface area contributed by atoms with Crippen molar-refractivity contribution < 1.29 is 23.8 Å². The van der Waals surface area contributed by atoms with E-state index in [1.165, 1.54) is 6.26 Å². The summed E-state index contributed by atoms with van der Waals surface area (Å²) in [5.41, 5.74) is 0.0839. The summed E-state index contributed by atoms with van der Waals surface area (Å²) in [6, 6.07) is 0.224. The average Bonchev–Trinajstić information content (AvgIpc) is 2.79. The van der Waals surface area contributed by atoms with Gasteiger partial charge in [-0.05, 0) is 13.8 Å². The summed E-state index contributed by atoms with van der Waals surface area (Å²) in [6.07, 6.45) is 1.18. The molecule has 0 unspecified atom stereocenters. The van der Waals surface area contributed by atoms with Crippen molar-refractivity contribution in [1.82, 2.24) is 4.98 Å². The van der Waals surface area contributed by atoms with E-state index in [1.807, 2.05) is 6.92 Å². The number of hydrogen-bond donors (Lipinski definition) is 1. The highest BCUT2D eigenvalue weighted by atomic mass is 16.5. The first-order chi connectivity index (χ1) is 8.58. The van der Waals surface area contributed by atoms with Crippen molar-refractivity contribution >= 4 is 18.0 Å². The molecule has 0 aliphatic carbocycles. The molecule has 0 amide bonds. The molecule has 0 saturated carbocycles. The van der Waals surface area contributed by atoms with E-state index in [4.69, 9.17) is 14.3 Å². The Morgan fingerprint density at radius 2 is 2.22 bits per heavy atom. The molecule has 0 fully saturated rings. The smallest absolute Gasteiger partial charge is 0.360 e. The summed E-state index contributed by atoms with van der Waals surface area (Å²) in [5, 5.41) is 8.62. The number of anilines is 1. The first-order valence-electron chi connectivity index (χ1n) is 5.67. The maximum Gasteiger partial charge on any atom is 0.360 e. The van der Waals surface area contributed by atoms with Crippen molar-refractivity contribution in [2.45, 2.75) is 20.3 Å². The lowest BCUT2D eigenvalue weighted by molar-refractivity contribution is -0.136. The minimum atomic E-state index is -0.898. The lowest BCUT2D eigenvalue weighted by atomic mass is 10.4. The van der Waals surface area contributed by atoms with Gasteiger partial charge in [-0.2, -0.15) is 4.98 Å². The summed E-state index contributed by atoms with van der Waals surface area (Å²) >= 11 is 0. The van der Waals surface area contributed by atoms with Crippen LogP contribution in [0, 0.1) is 0 Å². The summed E-state index contributed by atoms with van der Waals surface area (Å²) in [7, 11) is 0. The zero-order chi connectivity index (χ0) is 13.5. The van der Waals surface area contributed by atoms with Crippen LogP contribution in [0.25, 0.3) is 0 Å². The number of nitrogens with zero attached hydrogens (tertiary/aromatic N) is 2. The molecule has 1 heterocycles. The highest BCUT2D eigenvalue weighted by Gasteiger charge is 2.17. The molecule has 1 aromatic rings. The van der Waals surface area contributed by atoms with Gasteiger partial charge in [-0.3, -0.25) is 4.79 Å². The molecular weight excluding hydrogens is 240 g/mol. The summed E-state index contributed by atoms with van der Waals surface area (Å²) in [6.45, 7) is 4.61. The monoisotopic (exact) mass is 256 g/mol. The SMILES string of the molecule is CCOC(=O)c1coc(N(CC)CCC(=O)O)n1. The Labute approximate surface area is 104 Å². The Kier molecular flexibility index (Phi) is 5.16. The predicted molar refractivity (Wildman–Crippen MR) is 62.6 cm³/mol. The Hall–Kier alpha value is -2.05. The Balaban J connectivity index is 2.69. The molecular formula is C11H16N2O5. The standard InChI is InChI=1S/C11H16N2O5/c1-3-13(6-5-9(14)15)11-12-8(7-18-11)10(16)17-4-2/h7H,3-6H2,1-2H3,(H,14,15). The van der Waals surface area contributed by atoms with Crippen molar-refractivity contribution in [1.29, 1.82) is 0 Å². The van der Waals surface area contributed by atoms with Gasteiger partial charge in [0.25, 0.3) is 6.01 Å². The van der Waals surface area contributed by atoms with Crippen LogP contribution < -0.4 is 4.90 Å². The number of aromatic nitrogens is 1. The molecule has 1 N–H and O–H groups in total. The van der Waals surface area contributed by atoms with Crippen LogP contribution in [0.4, 0.5) is 6.01 Å². The Morgan fingerprint density at radius 3 is 2.78 bits per heavy atom. The molecule has 0 bridgehead atoms. The highest BCUT2D eigenvalue weighted by molar-refractivity contribution is 5.87. The Morgan fingerprint density at radius 1 is 1.50 bits per heavy atom. The number of oxazole rings is 1. The second-order valence-electron chi connectivity index (χ2n) is 3.46. The van der Waals surface area contributed by atoms with Gasteiger partial charge in [0.1, 0.15) is 6.26 Å². The second kappa shape index (κ2) is 6.63. The molecule has 0 aliphatic rings. The highest BCUT2D eigenvalue weighted by Crippen LogP contribution is 2.14. The zero-order valence-electron chi connectivity index (χ0n) is 10.4. The second-order valence-corrected chi connectivity index (χ2v) is 3.46. The van der Waals surface area contributed by atoms with E-state index in [1.54, 1.807) is 11.8 Å². The topological polar surface area (TPSA) is 92.9 Å². The van der Waals surface area contributed by atoms with Crippen molar-refractivity contribution in [2.24, 2.45) is 0 Å². The molecule has 0 spiro atoms. The van der Waals surface area contributed by atoms with E-state index in [0.717, 1.165) is 0 Å². The molecule has 1 aromatic heterocycles. The van der Waals surface area contributed by atoms with Gasteiger partial charge in [-0.1, -0.05) is 0 Å². The van der Waals surface area contributed by atoms with Crippen LogP contribution in [0.2, 0.25) is 0 Å². The van der Waals surface area contributed by atoms with Crippen LogP contribution >= 0.6 is 0 Å². The van der Waals surface area contributed by atoms with E-state index in [2.05, 4.69) is 4.98 Å². The van der Waals surface area contributed by atoms with Crippen LogP contribution in [0.5, 0.6) is 0 Å². The maximum atomic E-state index is 11.4. The number of carbonyl (C=O) groups is 2. The summed E-state index contributed by atoms with van der Waals surface area (Å²) in [5.74, 6) is -1.45. The minimum Gasteiger partial charge on any atom is -0.481 e. The van der Waals surface area contributed by atoms with Gasteiger partial charge in [0, 0.05) is 13.1 Å². The number of esters is 1. The average molecular weight is 256 g/mol. The predicted octanol–water partition coefficient (Wildman–Crippen LogP) is 1.15. The number of carboxylic acid groups (broad SMARTS) is 1. The lowest BCUT2D eigenvalue weighted by Crippen LogP contribution is -2.26. The first-order valence-corrected chi connectivity index (χ1v) is 5.67. The molecule has 0 atom stereocenters. The van der Waals surface area contributed by atoms with Crippen LogP contribution in [-0.2, 0) is 9.53 Å². The van der Waals surface area contributed by atoms with Gasteiger partial charge in [-0.25, -0.2) is 4.79 Å². The van der Waals surface area contributed by atoms with E-state index >= 15 is 0 Å². The fourth-order valence-corrected chi connectivity index (χ4v) is 1.33. The minimum absolute atomic E-state index is 0.0229. The number of carbonyl (C=O) groups excluding carboxylic acids is 1. The van der Waals surface area contributed by atoms with Crippen LogP contribution in [0.3, 0.4) is 0 Å². The molecule has 0 saturated heterocycles. The number of ether oxygens (including phenoxy) is 1. The van der Waals surface area contributed by atoms with Gasteiger partial charge >= 0.3 is 11.9 Å². The van der Waals surface area contributed by atoms with Gasteiger partial charge < -0.3 is 19.2 Å². The van der Waals surface area contributed by atoms with Crippen molar-refractivity contribution in [3.05, 3.63) is 12.0 Å². The fourth-order valence-electron chi connectivity index (χ4n) is 1.33. The van der Waals surface area contributed by atoms with Crippen LogP contribution in [0.15, 0.2) is 10.7 Å². The molecule has 0 aliphatic heterocycles. The van der Waals surface area contributed by atoms with Crippen LogP contribution in [-0.4, -0.2) is 41.7 Å². The van der Waals surface area contributed by atoms with Crippen molar-refractivity contribution in [3.8, 4) is 0 Å². The van der Waals surface area contributed by atoms with Crippen molar-refractivity contribution in [2.75, 3.05) is 24.6 Å². The molecule has 1 rings (SSSR count). The van der Waals surface area contributed by atoms with Crippen LogP contribution in [0.1, 0.15) is 30.8 Å². The number of aliphatic carboxylic acids is 1. The third kappa shape index (κ3) is 3.76. The molecule has 0 aromatic carbocycles. The number of carboxylic acids is 1.